The van der Waals surface area contributed by atoms with Crippen LogP contribution in [0.2, 0.25) is 5.02 Å². The fraction of sp³-hybridized carbons (Fsp3) is 0.154. The van der Waals surface area contributed by atoms with Crippen LogP contribution in [0, 0.1) is 5.82 Å². The lowest BCUT2D eigenvalue weighted by atomic mass is 9.96. The minimum Gasteiger partial charge on any atom is -0.508 e. The van der Waals surface area contributed by atoms with Gasteiger partial charge in [0.1, 0.15) is 23.4 Å². The molecule has 1 saturated heterocycles. The average Bonchev–Trinajstić information content (AvgIpc) is 3.43. The van der Waals surface area contributed by atoms with E-state index in [1.807, 2.05) is 29.2 Å². The van der Waals surface area contributed by atoms with Crippen LogP contribution in [0.3, 0.4) is 0 Å². The fourth-order valence-corrected chi connectivity index (χ4v) is 5.06. The zero-order chi connectivity index (χ0) is 24.8. The second-order valence-electron chi connectivity index (χ2n) is 8.57. The van der Waals surface area contributed by atoms with E-state index in [1.54, 1.807) is 29.4 Å². The standard InChI is InChI=1S/C26H20ClFN6O2/c27-20-13-19-23(22(28)21(20)18-12-16(35)11-15-3-1-2-4-17(15)18)31-14-32-25(19)33-7-9-34(10-8-33)26(36)24-29-5-6-30-24/h1-6,11-14,35H,7-10H2,(H,29,30). The molecule has 3 heterocycles. The van der Waals surface area contributed by atoms with Crippen molar-refractivity contribution in [3.8, 4) is 16.9 Å². The molecule has 0 atom stereocenters. The van der Waals surface area contributed by atoms with Gasteiger partial charge >= 0.3 is 0 Å². The quantitative estimate of drug-likeness (QED) is 0.373. The first-order valence-corrected chi connectivity index (χ1v) is 11.8. The highest BCUT2D eigenvalue weighted by atomic mass is 35.5. The Balaban J connectivity index is 1.38. The van der Waals surface area contributed by atoms with Crippen LogP contribution in [0.15, 0.2) is 61.2 Å². The zero-order valence-corrected chi connectivity index (χ0v) is 19.7. The van der Waals surface area contributed by atoms with E-state index in [2.05, 4.69) is 19.9 Å². The molecule has 2 N–H and O–H groups in total. The second-order valence-corrected chi connectivity index (χ2v) is 8.98. The number of nitrogens with zero attached hydrogens (tertiary/aromatic N) is 5. The first-order valence-electron chi connectivity index (χ1n) is 11.4. The summed E-state index contributed by atoms with van der Waals surface area (Å²) >= 11 is 6.67. The molecule has 1 aliphatic rings. The largest absolute Gasteiger partial charge is 0.508 e. The minimum atomic E-state index is -0.580. The van der Waals surface area contributed by atoms with Gasteiger partial charge in [0.25, 0.3) is 5.91 Å². The maximum absolute atomic E-state index is 16.0. The van der Waals surface area contributed by atoms with Gasteiger partial charge in [-0.05, 0) is 34.5 Å². The first-order chi connectivity index (χ1) is 17.5. The van der Waals surface area contributed by atoms with E-state index in [9.17, 15) is 9.90 Å². The summed E-state index contributed by atoms with van der Waals surface area (Å²) in [6.07, 6.45) is 4.49. The molecule has 1 fully saturated rings. The summed E-state index contributed by atoms with van der Waals surface area (Å²) in [4.78, 5) is 31.8. The molecule has 36 heavy (non-hydrogen) atoms. The van der Waals surface area contributed by atoms with E-state index < -0.39 is 5.82 Å². The Morgan fingerprint density at radius 3 is 2.61 bits per heavy atom. The third-order valence-electron chi connectivity index (χ3n) is 6.48. The number of fused-ring (bicyclic) bond motifs is 2. The number of hydrogen-bond acceptors (Lipinski definition) is 6. The Hall–Kier alpha value is -4.24. The Morgan fingerprint density at radius 1 is 1.03 bits per heavy atom. The highest BCUT2D eigenvalue weighted by Crippen LogP contribution is 2.41. The molecule has 180 valence electrons. The second kappa shape index (κ2) is 8.76. The Morgan fingerprint density at radius 2 is 1.83 bits per heavy atom. The van der Waals surface area contributed by atoms with Crippen molar-refractivity contribution in [2.24, 2.45) is 0 Å². The van der Waals surface area contributed by atoms with Gasteiger partial charge in [-0.3, -0.25) is 4.79 Å². The number of anilines is 1. The van der Waals surface area contributed by atoms with E-state index in [1.165, 1.54) is 12.4 Å². The number of carbonyl (C=O) groups is 1. The molecule has 2 aromatic heterocycles. The maximum atomic E-state index is 16.0. The number of benzene rings is 3. The lowest BCUT2D eigenvalue weighted by molar-refractivity contribution is 0.0735. The van der Waals surface area contributed by atoms with Gasteiger partial charge in [0.05, 0.1) is 5.02 Å². The van der Waals surface area contributed by atoms with Crippen molar-refractivity contribution in [2.75, 3.05) is 31.1 Å². The number of carbonyl (C=O) groups excluding carboxylic acids is 1. The number of halogens is 2. The predicted octanol–water partition coefficient (Wildman–Crippen LogP) is 4.63. The van der Waals surface area contributed by atoms with Gasteiger partial charge in [-0.1, -0.05) is 35.9 Å². The van der Waals surface area contributed by atoms with Crippen molar-refractivity contribution in [1.29, 1.82) is 0 Å². The number of phenols is 1. The number of aromatic hydroxyl groups is 1. The van der Waals surface area contributed by atoms with Crippen molar-refractivity contribution in [2.45, 2.75) is 0 Å². The molecule has 5 aromatic rings. The number of aromatic amines is 1. The summed E-state index contributed by atoms with van der Waals surface area (Å²) in [6, 6.07) is 12.2. The number of rotatable bonds is 3. The fourth-order valence-electron chi connectivity index (χ4n) is 4.77. The molecule has 0 aliphatic carbocycles. The van der Waals surface area contributed by atoms with E-state index in [-0.39, 0.29) is 27.8 Å². The molecule has 0 unspecified atom stereocenters. The van der Waals surface area contributed by atoms with Crippen molar-refractivity contribution in [3.63, 3.8) is 0 Å². The van der Waals surface area contributed by atoms with Gasteiger partial charge in [0, 0.05) is 49.5 Å². The topological polar surface area (TPSA) is 98.2 Å². The lowest BCUT2D eigenvalue weighted by Gasteiger charge is -2.35. The number of aromatic nitrogens is 4. The lowest BCUT2D eigenvalue weighted by Crippen LogP contribution is -2.49. The van der Waals surface area contributed by atoms with Gasteiger partial charge in [-0.2, -0.15) is 0 Å². The molecular formula is C26H20ClFN6O2. The summed E-state index contributed by atoms with van der Waals surface area (Å²) < 4.78 is 16.0. The van der Waals surface area contributed by atoms with Crippen molar-refractivity contribution >= 4 is 45.0 Å². The van der Waals surface area contributed by atoms with Crippen LogP contribution < -0.4 is 4.90 Å². The van der Waals surface area contributed by atoms with Crippen molar-refractivity contribution < 1.29 is 14.3 Å². The van der Waals surface area contributed by atoms with E-state index in [0.29, 0.717) is 48.8 Å². The first kappa shape index (κ1) is 22.2. The van der Waals surface area contributed by atoms with Crippen LogP contribution in [0.25, 0.3) is 32.8 Å². The number of phenolic OH excluding ortho intramolecular Hbond substituents is 1. The minimum absolute atomic E-state index is 0.0182. The zero-order valence-electron chi connectivity index (χ0n) is 18.9. The highest BCUT2D eigenvalue weighted by Gasteiger charge is 2.27. The molecule has 1 amide bonds. The molecule has 1 aliphatic heterocycles. The molecule has 10 heteroatoms. The van der Waals surface area contributed by atoms with Crippen LogP contribution in [0.1, 0.15) is 10.6 Å². The van der Waals surface area contributed by atoms with Crippen LogP contribution in [0.4, 0.5) is 10.2 Å². The van der Waals surface area contributed by atoms with Crippen molar-refractivity contribution in [1.82, 2.24) is 24.8 Å². The molecule has 8 nitrogen and oxygen atoms in total. The highest BCUT2D eigenvalue weighted by molar-refractivity contribution is 6.35. The van der Waals surface area contributed by atoms with E-state index >= 15 is 4.39 Å². The molecular weight excluding hydrogens is 483 g/mol. The van der Waals surface area contributed by atoms with E-state index in [4.69, 9.17) is 11.6 Å². The smallest absolute Gasteiger partial charge is 0.289 e. The SMILES string of the molecule is O=C(c1ncc[nH]1)N1CCN(c2ncnc3c(F)c(-c4cc(O)cc5ccccc45)c(Cl)cc23)CC1. The van der Waals surface area contributed by atoms with Crippen LogP contribution in [0.5, 0.6) is 5.75 Å². The van der Waals surface area contributed by atoms with Crippen molar-refractivity contribution in [3.05, 3.63) is 77.8 Å². The van der Waals surface area contributed by atoms with Crippen LogP contribution in [-0.4, -0.2) is 62.0 Å². The maximum Gasteiger partial charge on any atom is 0.289 e. The van der Waals surface area contributed by atoms with Gasteiger partial charge in [-0.25, -0.2) is 19.3 Å². The molecule has 0 saturated carbocycles. The molecule has 6 rings (SSSR count). The average molecular weight is 503 g/mol. The Bertz CT molecular complexity index is 1620. The molecule has 0 radical (unpaired) electrons. The number of imidazole rings is 1. The molecule has 0 spiro atoms. The molecule has 0 bridgehead atoms. The number of H-pyrrole nitrogens is 1. The summed E-state index contributed by atoms with van der Waals surface area (Å²) in [5, 5.41) is 12.5. The van der Waals surface area contributed by atoms with Gasteiger partial charge in [-0.15, -0.1) is 0 Å². The summed E-state index contributed by atoms with van der Waals surface area (Å²) in [5.41, 5.74) is 0.802. The number of hydrogen-bond donors (Lipinski definition) is 2. The van der Waals surface area contributed by atoms with E-state index in [0.717, 1.165) is 10.8 Å². The summed E-state index contributed by atoms with van der Waals surface area (Å²) in [5.74, 6) is 0.132. The normalized spacial score (nSPS) is 14.1. The predicted molar refractivity (Wildman–Crippen MR) is 136 cm³/mol. The number of piperazine rings is 1. The van der Waals surface area contributed by atoms with Crippen LogP contribution >= 0.6 is 11.6 Å². The third kappa shape index (κ3) is 3.68. The van der Waals surface area contributed by atoms with Crippen LogP contribution in [-0.2, 0) is 0 Å². The van der Waals surface area contributed by atoms with Gasteiger partial charge in [0.15, 0.2) is 11.6 Å². The Kier molecular flexibility index (Phi) is 5.41. The number of nitrogens with one attached hydrogen (secondary N) is 1. The van der Waals surface area contributed by atoms with Gasteiger partial charge in [0.2, 0.25) is 0 Å². The monoisotopic (exact) mass is 502 g/mol. The van der Waals surface area contributed by atoms with Gasteiger partial charge < -0.3 is 19.9 Å². The third-order valence-corrected chi connectivity index (χ3v) is 6.78. The molecule has 3 aromatic carbocycles. The summed E-state index contributed by atoms with van der Waals surface area (Å²) in [6.45, 7) is 1.96. The number of amides is 1. The summed E-state index contributed by atoms with van der Waals surface area (Å²) in [7, 11) is 0. The Labute approximate surface area is 210 Å².